The number of rotatable bonds is 3. The molecule has 1 aliphatic carbocycles. The molecule has 1 unspecified atom stereocenters. The zero-order chi connectivity index (χ0) is 9.26. The topological polar surface area (TPSA) is 50.2 Å². The van der Waals surface area contributed by atoms with Crippen molar-refractivity contribution in [2.24, 2.45) is 5.92 Å². The minimum absolute atomic E-state index is 0.188. The third-order valence-electron chi connectivity index (χ3n) is 2.28. The zero-order valence-corrected chi connectivity index (χ0v) is 7.18. The fourth-order valence-corrected chi connectivity index (χ4v) is 1.31. The van der Waals surface area contributed by atoms with E-state index in [0.29, 0.717) is 5.56 Å². The van der Waals surface area contributed by atoms with E-state index in [9.17, 15) is 9.90 Å². The molecule has 0 aliphatic heterocycles. The summed E-state index contributed by atoms with van der Waals surface area (Å²) in [6.45, 7) is 0. The summed E-state index contributed by atoms with van der Waals surface area (Å²) >= 11 is 0. The number of carbonyl (C=O) groups is 1. The standard InChI is InChI=1S/C10H11NO2/c12-9(7-3-4-7)10(13)8-2-1-5-11-6-8/h1-2,5-7,9,12H,3-4H2. The smallest absolute Gasteiger partial charge is 0.193 e. The maximum absolute atomic E-state index is 11.5. The molecule has 1 saturated carbocycles. The largest absolute Gasteiger partial charge is 0.385 e. The zero-order valence-electron chi connectivity index (χ0n) is 7.18. The minimum atomic E-state index is -0.816. The van der Waals surface area contributed by atoms with Crippen molar-refractivity contribution in [1.29, 1.82) is 0 Å². The van der Waals surface area contributed by atoms with Gasteiger partial charge in [-0.05, 0) is 30.9 Å². The molecule has 1 aromatic heterocycles. The highest BCUT2D eigenvalue weighted by Crippen LogP contribution is 2.33. The van der Waals surface area contributed by atoms with Gasteiger partial charge in [-0.3, -0.25) is 9.78 Å². The van der Waals surface area contributed by atoms with E-state index in [1.165, 1.54) is 6.20 Å². The molecule has 1 heterocycles. The molecule has 0 bridgehead atoms. The van der Waals surface area contributed by atoms with Crippen LogP contribution in [0.1, 0.15) is 23.2 Å². The average Bonchev–Trinajstić information content (AvgIpc) is 3.00. The second kappa shape index (κ2) is 3.26. The number of carbonyl (C=O) groups excluding carboxylic acids is 1. The van der Waals surface area contributed by atoms with E-state index >= 15 is 0 Å². The number of ketones is 1. The fraction of sp³-hybridized carbons (Fsp3) is 0.400. The summed E-state index contributed by atoms with van der Waals surface area (Å²) in [6, 6.07) is 3.38. The van der Waals surface area contributed by atoms with Crippen molar-refractivity contribution in [3.63, 3.8) is 0 Å². The molecule has 3 heteroatoms. The number of aliphatic hydroxyl groups is 1. The van der Waals surface area contributed by atoms with Gasteiger partial charge < -0.3 is 5.11 Å². The molecule has 3 nitrogen and oxygen atoms in total. The van der Waals surface area contributed by atoms with E-state index in [-0.39, 0.29) is 11.7 Å². The van der Waals surface area contributed by atoms with Gasteiger partial charge in [-0.25, -0.2) is 0 Å². The Morgan fingerprint density at radius 3 is 2.92 bits per heavy atom. The second-order valence-corrected chi connectivity index (χ2v) is 3.39. The molecule has 0 radical (unpaired) electrons. The van der Waals surface area contributed by atoms with Crippen LogP contribution in [-0.4, -0.2) is 22.0 Å². The first-order valence-corrected chi connectivity index (χ1v) is 4.41. The number of aromatic nitrogens is 1. The van der Waals surface area contributed by atoms with E-state index in [1.807, 2.05) is 0 Å². The van der Waals surface area contributed by atoms with E-state index in [2.05, 4.69) is 4.98 Å². The molecule has 1 aromatic rings. The van der Waals surface area contributed by atoms with Crippen molar-refractivity contribution in [2.75, 3.05) is 0 Å². The van der Waals surface area contributed by atoms with Crippen molar-refractivity contribution in [3.05, 3.63) is 30.1 Å². The average molecular weight is 177 g/mol. The first-order valence-electron chi connectivity index (χ1n) is 4.41. The van der Waals surface area contributed by atoms with Gasteiger partial charge in [0.15, 0.2) is 5.78 Å². The van der Waals surface area contributed by atoms with Gasteiger partial charge in [0.2, 0.25) is 0 Å². The number of nitrogens with zero attached hydrogens (tertiary/aromatic N) is 1. The summed E-state index contributed by atoms with van der Waals surface area (Å²) in [5.74, 6) is -0.0108. The predicted octanol–water partition coefficient (Wildman–Crippen LogP) is 1.04. The Morgan fingerprint density at radius 2 is 2.38 bits per heavy atom. The van der Waals surface area contributed by atoms with E-state index in [0.717, 1.165) is 12.8 Å². The van der Waals surface area contributed by atoms with Crippen molar-refractivity contribution in [1.82, 2.24) is 4.98 Å². The maximum atomic E-state index is 11.5. The van der Waals surface area contributed by atoms with Crippen LogP contribution in [0.25, 0.3) is 0 Å². The number of hydrogen-bond acceptors (Lipinski definition) is 3. The first kappa shape index (κ1) is 8.38. The number of hydrogen-bond donors (Lipinski definition) is 1. The van der Waals surface area contributed by atoms with Crippen molar-refractivity contribution in [2.45, 2.75) is 18.9 Å². The summed E-state index contributed by atoms with van der Waals surface area (Å²) in [7, 11) is 0. The summed E-state index contributed by atoms with van der Waals surface area (Å²) in [5.41, 5.74) is 0.502. The Morgan fingerprint density at radius 1 is 1.62 bits per heavy atom. The molecule has 0 aromatic carbocycles. The lowest BCUT2D eigenvalue weighted by molar-refractivity contribution is 0.0703. The highest BCUT2D eigenvalue weighted by atomic mass is 16.3. The Hall–Kier alpha value is -1.22. The molecular weight excluding hydrogens is 166 g/mol. The van der Waals surface area contributed by atoms with E-state index in [4.69, 9.17) is 0 Å². The number of Topliss-reactive ketones (excluding diaryl/α,β-unsaturated/α-hetero) is 1. The lowest BCUT2D eigenvalue weighted by Crippen LogP contribution is -2.22. The van der Waals surface area contributed by atoms with Crippen LogP contribution in [0.5, 0.6) is 0 Å². The van der Waals surface area contributed by atoms with Gasteiger partial charge in [0, 0.05) is 18.0 Å². The highest BCUT2D eigenvalue weighted by Gasteiger charge is 2.34. The van der Waals surface area contributed by atoms with Crippen LogP contribution in [0.15, 0.2) is 24.5 Å². The molecule has 1 fully saturated rings. The maximum Gasteiger partial charge on any atom is 0.193 e. The summed E-state index contributed by atoms with van der Waals surface area (Å²) in [5, 5.41) is 9.53. The molecule has 2 rings (SSSR count). The Balaban J connectivity index is 2.12. The predicted molar refractivity (Wildman–Crippen MR) is 47.3 cm³/mol. The number of aliphatic hydroxyl groups excluding tert-OH is 1. The molecular formula is C10H11NO2. The Kier molecular flexibility index (Phi) is 2.10. The quantitative estimate of drug-likeness (QED) is 0.702. The van der Waals surface area contributed by atoms with Crippen LogP contribution in [-0.2, 0) is 0 Å². The van der Waals surface area contributed by atoms with Crippen LogP contribution in [0, 0.1) is 5.92 Å². The van der Waals surface area contributed by atoms with Crippen LogP contribution in [0.2, 0.25) is 0 Å². The molecule has 0 saturated heterocycles. The second-order valence-electron chi connectivity index (χ2n) is 3.39. The van der Waals surface area contributed by atoms with E-state index in [1.54, 1.807) is 18.3 Å². The number of pyridine rings is 1. The normalized spacial score (nSPS) is 18.2. The lowest BCUT2D eigenvalue weighted by atomic mass is 10.1. The summed E-state index contributed by atoms with van der Waals surface area (Å²) < 4.78 is 0. The summed E-state index contributed by atoms with van der Waals surface area (Å²) in [6.07, 6.45) is 4.22. The molecule has 1 N–H and O–H groups in total. The third-order valence-corrected chi connectivity index (χ3v) is 2.28. The summed E-state index contributed by atoms with van der Waals surface area (Å²) in [4.78, 5) is 15.4. The van der Waals surface area contributed by atoms with Crippen LogP contribution in [0.4, 0.5) is 0 Å². The molecule has 0 spiro atoms. The van der Waals surface area contributed by atoms with Gasteiger partial charge in [0.25, 0.3) is 0 Å². The third kappa shape index (κ3) is 1.75. The molecule has 68 valence electrons. The van der Waals surface area contributed by atoms with Crippen LogP contribution >= 0.6 is 0 Å². The van der Waals surface area contributed by atoms with E-state index < -0.39 is 6.10 Å². The molecule has 0 amide bonds. The molecule has 1 aliphatic rings. The minimum Gasteiger partial charge on any atom is -0.385 e. The molecule has 13 heavy (non-hydrogen) atoms. The molecule has 1 atom stereocenters. The highest BCUT2D eigenvalue weighted by molar-refractivity contribution is 5.99. The van der Waals surface area contributed by atoms with Crippen molar-refractivity contribution < 1.29 is 9.90 Å². The van der Waals surface area contributed by atoms with Gasteiger partial charge >= 0.3 is 0 Å². The SMILES string of the molecule is O=C(c1cccnc1)C(O)C1CC1. The van der Waals surface area contributed by atoms with Crippen molar-refractivity contribution in [3.8, 4) is 0 Å². The van der Waals surface area contributed by atoms with Gasteiger partial charge in [0.1, 0.15) is 6.10 Å². The first-order chi connectivity index (χ1) is 6.29. The van der Waals surface area contributed by atoms with Gasteiger partial charge in [-0.2, -0.15) is 0 Å². The van der Waals surface area contributed by atoms with Gasteiger partial charge in [-0.1, -0.05) is 0 Å². The fourth-order valence-electron chi connectivity index (χ4n) is 1.31. The van der Waals surface area contributed by atoms with Gasteiger partial charge in [-0.15, -0.1) is 0 Å². The van der Waals surface area contributed by atoms with Crippen LogP contribution in [0.3, 0.4) is 0 Å². The van der Waals surface area contributed by atoms with Gasteiger partial charge in [0.05, 0.1) is 0 Å². The monoisotopic (exact) mass is 177 g/mol. The lowest BCUT2D eigenvalue weighted by Gasteiger charge is -2.06. The Bertz CT molecular complexity index is 306. The Labute approximate surface area is 76.4 Å². The van der Waals surface area contributed by atoms with Crippen LogP contribution < -0.4 is 0 Å². The van der Waals surface area contributed by atoms with Crippen molar-refractivity contribution >= 4 is 5.78 Å².